The van der Waals surface area contributed by atoms with E-state index in [1.807, 2.05) is 6.08 Å². The maximum Gasteiger partial charge on any atom is 0.154 e. The van der Waals surface area contributed by atoms with Crippen molar-refractivity contribution in [3.05, 3.63) is 124 Å². The van der Waals surface area contributed by atoms with Gasteiger partial charge < -0.3 is 0 Å². The second-order valence-electron chi connectivity index (χ2n) is 6.80. The molecule has 27 heavy (non-hydrogen) atoms. The van der Waals surface area contributed by atoms with Gasteiger partial charge in [0.2, 0.25) is 0 Å². The number of benzene rings is 3. The first kappa shape index (κ1) is 17.1. The lowest BCUT2D eigenvalue weighted by atomic mass is 9.87. The Morgan fingerprint density at radius 2 is 1.48 bits per heavy atom. The predicted octanol–water partition coefficient (Wildman–Crippen LogP) is 6.87. The SMILES string of the molecule is [C-]#[N+]/C=C/c1ccc(C2=C(c3ccccc3)CCCc3ccccc32)cc1. The van der Waals surface area contributed by atoms with Crippen LogP contribution >= 0.6 is 0 Å². The Labute approximate surface area is 161 Å². The van der Waals surface area contributed by atoms with Crippen molar-refractivity contribution < 1.29 is 0 Å². The summed E-state index contributed by atoms with van der Waals surface area (Å²) in [5.74, 6) is 0. The highest BCUT2D eigenvalue weighted by Gasteiger charge is 2.19. The van der Waals surface area contributed by atoms with Crippen LogP contribution in [0.15, 0.2) is 85.1 Å². The van der Waals surface area contributed by atoms with Crippen LogP contribution in [0.1, 0.15) is 40.7 Å². The first-order valence-electron chi connectivity index (χ1n) is 9.37. The molecule has 1 heteroatoms. The van der Waals surface area contributed by atoms with Crippen LogP contribution in [0.5, 0.6) is 0 Å². The highest BCUT2D eigenvalue weighted by atomic mass is 14.6. The molecule has 0 amide bonds. The largest absolute Gasteiger partial charge is 0.246 e. The second kappa shape index (κ2) is 7.89. The zero-order valence-electron chi connectivity index (χ0n) is 15.2. The Hall–Kier alpha value is -3.37. The number of aryl methyl sites for hydroxylation is 1. The van der Waals surface area contributed by atoms with Crippen LogP contribution in [0.25, 0.3) is 22.1 Å². The summed E-state index contributed by atoms with van der Waals surface area (Å²) in [6, 6.07) is 28.1. The Morgan fingerprint density at radius 3 is 2.26 bits per heavy atom. The smallest absolute Gasteiger partial charge is 0.154 e. The van der Waals surface area contributed by atoms with E-state index in [2.05, 4.69) is 83.7 Å². The highest BCUT2D eigenvalue weighted by molar-refractivity contribution is 5.99. The zero-order chi connectivity index (χ0) is 18.5. The lowest BCUT2D eigenvalue weighted by Crippen LogP contribution is -1.96. The number of fused-ring (bicyclic) bond motifs is 1. The Kier molecular flexibility index (Phi) is 4.99. The summed E-state index contributed by atoms with van der Waals surface area (Å²) in [6.45, 7) is 6.91. The van der Waals surface area contributed by atoms with Gasteiger partial charge in [-0.3, -0.25) is 0 Å². The summed E-state index contributed by atoms with van der Waals surface area (Å²) in [7, 11) is 0. The molecule has 3 aromatic carbocycles. The molecule has 0 N–H and O–H groups in total. The van der Waals surface area contributed by atoms with Crippen molar-refractivity contribution in [1.29, 1.82) is 0 Å². The van der Waals surface area contributed by atoms with Crippen molar-refractivity contribution in [3.8, 4) is 0 Å². The molecule has 0 saturated heterocycles. The third-order valence-electron chi connectivity index (χ3n) is 5.12. The molecule has 0 heterocycles. The fourth-order valence-electron chi connectivity index (χ4n) is 3.87. The summed E-state index contributed by atoms with van der Waals surface area (Å²) in [4.78, 5) is 3.30. The topological polar surface area (TPSA) is 4.36 Å². The monoisotopic (exact) mass is 347 g/mol. The number of allylic oxidation sites excluding steroid dienone is 1. The summed E-state index contributed by atoms with van der Waals surface area (Å²) in [5.41, 5.74) is 9.14. The first-order chi connectivity index (χ1) is 13.4. The first-order valence-corrected chi connectivity index (χ1v) is 9.37. The van der Waals surface area contributed by atoms with Gasteiger partial charge in [0.25, 0.3) is 0 Å². The highest BCUT2D eigenvalue weighted by Crippen LogP contribution is 2.39. The third kappa shape index (κ3) is 3.61. The van der Waals surface area contributed by atoms with E-state index in [0.29, 0.717) is 0 Å². The van der Waals surface area contributed by atoms with Gasteiger partial charge in [-0.2, -0.15) is 0 Å². The molecule has 130 valence electrons. The van der Waals surface area contributed by atoms with Crippen LogP contribution in [0.3, 0.4) is 0 Å². The third-order valence-corrected chi connectivity index (χ3v) is 5.12. The molecule has 3 aromatic rings. The molecule has 4 rings (SSSR count). The standard InChI is InChI=1S/C26H21N/c1-27-19-18-20-14-16-23(17-15-20)26-24-12-6-5-10-22(24)11-7-13-25(26)21-8-3-2-4-9-21/h2-6,8-10,12,14-19H,7,11,13H2/b19-18+. The molecule has 1 aliphatic rings. The van der Waals surface area contributed by atoms with Crippen LogP contribution in [0.4, 0.5) is 0 Å². The summed E-state index contributed by atoms with van der Waals surface area (Å²) >= 11 is 0. The molecule has 0 aromatic heterocycles. The Bertz CT molecular complexity index is 1030. The van der Waals surface area contributed by atoms with Gasteiger partial charge in [0.1, 0.15) is 0 Å². The summed E-state index contributed by atoms with van der Waals surface area (Å²) in [6.07, 6.45) is 6.71. The minimum Gasteiger partial charge on any atom is -0.246 e. The van der Waals surface area contributed by atoms with Crippen LogP contribution < -0.4 is 0 Å². The molecule has 0 unspecified atom stereocenters. The molecule has 0 radical (unpaired) electrons. The van der Waals surface area contributed by atoms with Gasteiger partial charge in [0.05, 0.1) is 6.57 Å². The summed E-state index contributed by atoms with van der Waals surface area (Å²) < 4.78 is 0. The number of hydrogen-bond acceptors (Lipinski definition) is 0. The van der Waals surface area contributed by atoms with Gasteiger partial charge in [-0.15, -0.1) is 0 Å². The molecule has 0 fully saturated rings. The average molecular weight is 347 g/mol. The van der Waals surface area contributed by atoms with Gasteiger partial charge >= 0.3 is 0 Å². The number of nitrogens with zero attached hydrogens (tertiary/aromatic N) is 1. The minimum atomic E-state index is 1.05. The molecule has 0 bridgehead atoms. The molecule has 1 nitrogen and oxygen atoms in total. The molecular weight excluding hydrogens is 326 g/mol. The van der Waals surface area contributed by atoms with Crippen LogP contribution in [-0.4, -0.2) is 0 Å². The van der Waals surface area contributed by atoms with Crippen molar-refractivity contribution in [2.24, 2.45) is 0 Å². The van der Waals surface area contributed by atoms with E-state index in [4.69, 9.17) is 6.57 Å². The lowest BCUT2D eigenvalue weighted by molar-refractivity contribution is 0.860. The molecule has 0 saturated carbocycles. The quantitative estimate of drug-likeness (QED) is 0.455. The predicted molar refractivity (Wildman–Crippen MR) is 114 cm³/mol. The van der Waals surface area contributed by atoms with Gasteiger partial charge in [-0.05, 0) is 58.2 Å². The average Bonchev–Trinajstić information content (AvgIpc) is 2.93. The van der Waals surface area contributed by atoms with Gasteiger partial charge in [0.15, 0.2) is 6.20 Å². The molecule has 0 atom stereocenters. The maximum atomic E-state index is 6.91. The number of rotatable bonds is 3. The van der Waals surface area contributed by atoms with E-state index in [-0.39, 0.29) is 0 Å². The molecule has 0 spiro atoms. The number of hydrogen-bond donors (Lipinski definition) is 0. The molecule has 0 aliphatic heterocycles. The normalized spacial score (nSPS) is 13.9. The van der Waals surface area contributed by atoms with Crippen LogP contribution in [0, 0.1) is 6.57 Å². The van der Waals surface area contributed by atoms with E-state index < -0.39 is 0 Å². The van der Waals surface area contributed by atoms with Crippen molar-refractivity contribution in [2.75, 3.05) is 0 Å². The van der Waals surface area contributed by atoms with Crippen molar-refractivity contribution in [1.82, 2.24) is 0 Å². The minimum absolute atomic E-state index is 1.05. The van der Waals surface area contributed by atoms with E-state index in [1.54, 1.807) is 0 Å². The second-order valence-corrected chi connectivity index (χ2v) is 6.80. The van der Waals surface area contributed by atoms with Crippen LogP contribution in [-0.2, 0) is 6.42 Å². The van der Waals surface area contributed by atoms with Gasteiger partial charge in [0, 0.05) is 0 Å². The Balaban J connectivity index is 1.91. The zero-order valence-corrected chi connectivity index (χ0v) is 15.2. The lowest BCUT2D eigenvalue weighted by Gasteiger charge is -2.16. The van der Waals surface area contributed by atoms with E-state index in [0.717, 1.165) is 24.8 Å². The Morgan fingerprint density at radius 1 is 0.741 bits per heavy atom. The van der Waals surface area contributed by atoms with Crippen molar-refractivity contribution >= 4 is 17.2 Å². The van der Waals surface area contributed by atoms with Crippen molar-refractivity contribution in [3.63, 3.8) is 0 Å². The fourth-order valence-corrected chi connectivity index (χ4v) is 3.87. The fraction of sp³-hybridized carbons (Fsp3) is 0.115. The van der Waals surface area contributed by atoms with E-state index in [1.165, 1.54) is 39.6 Å². The van der Waals surface area contributed by atoms with Gasteiger partial charge in [-0.25, -0.2) is 4.85 Å². The molecular formula is C26H21N. The van der Waals surface area contributed by atoms with E-state index >= 15 is 0 Å². The summed E-state index contributed by atoms with van der Waals surface area (Å²) in [5, 5.41) is 0. The van der Waals surface area contributed by atoms with E-state index in [9.17, 15) is 0 Å². The molecule has 1 aliphatic carbocycles. The van der Waals surface area contributed by atoms with Gasteiger partial charge in [-0.1, -0.05) is 84.9 Å². The van der Waals surface area contributed by atoms with Crippen LogP contribution in [0.2, 0.25) is 0 Å². The maximum absolute atomic E-state index is 6.91. The van der Waals surface area contributed by atoms with Crippen molar-refractivity contribution in [2.45, 2.75) is 19.3 Å².